The van der Waals surface area contributed by atoms with Gasteiger partial charge in [0, 0.05) is 24.2 Å². The number of hydrogen-bond donors (Lipinski definition) is 0. The van der Waals surface area contributed by atoms with Crippen LogP contribution in [-0.4, -0.2) is 34.5 Å². The van der Waals surface area contributed by atoms with Crippen molar-refractivity contribution in [3.05, 3.63) is 101 Å². The molecule has 0 aliphatic carbocycles. The van der Waals surface area contributed by atoms with E-state index in [2.05, 4.69) is 4.99 Å². The van der Waals surface area contributed by atoms with Crippen LogP contribution in [0.1, 0.15) is 37.9 Å². The van der Waals surface area contributed by atoms with Gasteiger partial charge in [0.15, 0.2) is 4.80 Å². The Bertz CT molecular complexity index is 1700. The minimum atomic E-state index is -1.02. The van der Waals surface area contributed by atoms with Crippen molar-refractivity contribution in [2.75, 3.05) is 18.1 Å². The number of rotatable bonds is 5. The van der Waals surface area contributed by atoms with Crippen LogP contribution in [0, 0.1) is 10.1 Å². The Balaban J connectivity index is 1.84. The smallest absolute Gasteiger partial charge is 0.338 e. The third kappa shape index (κ3) is 3.78. The molecule has 10 nitrogen and oxygen atoms in total. The minimum Gasteiger partial charge on any atom is -0.463 e. The predicted octanol–water partition coefficient (Wildman–Crippen LogP) is 2.44. The summed E-state index contributed by atoms with van der Waals surface area (Å²) < 4.78 is 6.79. The molecule has 1 atom stereocenters. The Kier molecular flexibility index (Phi) is 6.08. The van der Waals surface area contributed by atoms with Gasteiger partial charge in [-0.05, 0) is 32.4 Å². The molecule has 1 aromatic heterocycles. The average Bonchev–Trinajstić information content (AvgIpc) is 3.35. The summed E-state index contributed by atoms with van der Waals surface area (Å²) in [6.07, 6.45) is 0. The minimum absolute atomic E-state index is 0.101. The summed E-state index contributed by atoms with van der Waals surface area (Å²) in [7, 11) is 0. The summed E-state index contributed by atoms with van der Waals surface area (Å²) in [5.41, 5.74) is 1.75. The molecule has 2 aliphatic heterocycles. The molecule has 0 fully saturated rings. The standard InChI is InChI=1S/C26H22N4O6S/c1-4-28-18-12-7-6-11-17(18)20(23(28)31)22-24(32)29-21(15-9-8-10-16(13-15)30(34)35)19(25(33)36-5-2)14(3)27-26(29)37-22/h6-13,21H,4-5H2,1-3H3/b22-20+/t21-/m0/s1. The predicted molar refractivity (Wildman–Crippen MR) is 137 cm³/mol. The van der Waals surface area contributed by atoms with Crippen molar-refractivity contribution in [1.29, 1.82) is 0 Å². The number of anilines is 1. The molecule has 2 aliphatic rings. The number of nitro benzene ring substituents is 1. The van der Waals surface area contributed by atoms with Crippen molar-refractivity contribution in [2.45, 2.75) is 26.8 Å². The molecule has 0 spiro atoms. The molecule has 3 heterocycles. The molecule has 0 radical (unpaired) electrons. The normalized spacial score (nSPS) is 17.9. The van der Waals surface area contributed by atoms with E-state index >= 15 is 0 Å². The summed E-state index contributed by atoms with van der Waals surface area (Å²) in [4.78, 5) is 57.8. The molecule has 11 heteroatoms. The number of aromatic nitrogens is 1. The van der Waals surface area contributed by atoms with Crippen molar-refractivity contribution in [2.24, 2.45) is 4.99 Å². The summed E-state index contributed by atoms with van der Waals surface area (Å²) in [5, 5.41) is 11.5. The third-order valence-electron chi connectivity index (χ3n) is 6.36. The number of nitrogens with zero attached hydrogens (tertiary/aromatic N) is 4. The SMILES string of the molecule is CCOC(=O)C1=C(C)N=c2s/c(=C3/C(=O)N(CC)c4ccccc43)c(=O)n2[C@H]1c1cccc([N+](=O)[O-])c1. The number of amides is 1. The Labute approximate surface area is 214 Å². The largest absolute Gasteiger partial charge is 0.463 e. The zero-order chi connectivity index (χ0) is 26.4. The molecule has 37 heavy (non-hydrogen) atoms. The van der Waals surface area contributed by atoms with Crippen LogP contribution in [0.5, 0.6) is 0 Å². The number of carbonyl (C=O) groups is 2. The summed E-state index contributed by atoms with van der Waals surface area (Å²) in [6, 6.07) is 12.0. The second-order valence-corrected chi connectivity index (χ2v) is 9.39. The van der Waals surface area contributed by atoms with E-state index in [9.17, 15) is 24.5 Å². The molecule has 0 saturated carbocycles. The Morgan fingerprint density at radius 1 is 1.16 bits per heavy atom. The fourth-order valence-electron chi connectivity index (χ4n) is 4.78. The van der Waals surface area contributed by atoms with Gasteiger partial charge in [0.2, 0.25) is 0 Å². The van der Waals surface area contributed by atoms with Gasteiger partial charge in [-0.1, -0.05) is 41.7 Å². The number of benzene rings is 2. The van der Waals surface area contributed by atoms with Gasteiger partial charge in [-0.2, -0.15) is 0 Å². The fourth-order valence-corrected chi connectivity index (χ4v) is 5.92. The van der Waals surface area contributed by atoms with Gasteiger partial charge in [0.05, 0.1) is 40.1 Å². The maximum Gasteiger partial charge on any atom is 0.338 e. The molecule has 0 N–H and O–H groups in total. The zero-order valence-electron chi connectivity index (χ0n) is 20.3. The highest BCUT2D eigenvalue weighted by Crippen LogP contribution is 2.35. The molecule has 0 bridgehead atoms. The molecule has 1 amide bonds. The van der Waals surface area contributed by atoms with Crippen LogP contribution < -0.4 is 19.8 Å². The lowest BCUT2D eigenvalue weighted by molar-refractivity contribution is -0.384. The van der Waals surface area contributed by atoms with Gasteiger partial charge >= 0.3 is 5.97 Å². The van der Waals surface area contributed by atoms with Gasteiger partial charge in [-0.3, -0.25) is 24.3 Å². The average molecular weight is 519 g/mol. The molecule has 0 saturated heterocycles. The lowest BCUT2D eigenvalue weighted by Gasteiger charge is -2.24. The Hall–Kier alpha value is -4.38. The first kappa shape index (κ1) is 24.3. The quantitative estimate of drug-likeness (QED) is 0.290. The van der Waals surface area contributed by atoms with Gasteiger partial charge in [-0.15, -0.1) is 0 Å². The van der Waals surface area contributed by atoms with Crippen LogP contribution in [0.3, 0.4) is 0 Å². The lowest BCUT2D eigenvalue weighted by atomic mass is 9.95. The number of esters is 1. The number of para-hydroxylation sites is 1. The first-order valence-electron chi connectivity index (χ1n) is 11.7. The summed E-state index contributed by atoms with van der Waals surface area (Å²) in [6.45, 7) is 5.68. The van der Waals surface area contributed by atoms with Gasteiger partial charge < -0.3 is 9.64 Å². The van der Waals surface area contributed by atoms with Gasteiger partial charge in [0.1, 0.15) is 4.53 Å². The fraction of sp³-hybridized carbons (Fsp3) is 0.231. The topological polar surface area (TPSA) is 124 Å². The highest BCUT2D eigenvalue weighted by atomic mass is 32.1. The second-order valence-electron chi connectivity index (χ2n) is 8.42. The van der Waals surface area contributed by atoms with Crippen LogP contribution in [-0.2, 0) is 14.3 Å². The highest BCUT2D eigenvalue weighted by Gasteiger charge is 2.37. The summed E-state index contributed by atoms with van der Waals surface area (Å²) in [5.74, 6) is -0.958. The van der Waals surface area contributed by atoms with Crippen molar-refractivity contribution < 1.29 is 19.2 Å². The molecule has 2 aromatic carbocycles. The van der Waals surface area contributed by atoms with Crippen molar-refractivity contribution in [3.8, 4) is 0 Å². The maximum absolute atomic E-state index is 14.0. The van der Waals surface area contributed by atoms with E-state index in [0.29, 0.717) is 23.4 Å². The van der Waals surface area contributed by atoms with Crippen molar-refractivity contribution >= 4 is 40.2 Å². The number of allylic oxidation sites excluding steroid dienone is 1. The summed E-state index contributed by atoms with van der Waals surface area (Å²) >= 11 is 1.06. The highest BCUT2D eigenvalue weighted by molar-refractivity contribution is 7.07. The van der Waals surface area contributed by atoms with E-state index in [1.54, 1.807) is 36.9 Å². The van der Waals surface area contributed by atoms with Gasteiger partial charge in [-0.25, -0.2) is 9.79 Å². The number of fused-ring (bicyclic) bond motifs is 2. The zero-order valence-corrected chi connectivity index (χ0v) is 21.1. The lowest BCUT2D eigenvalue weighted by Crippen LogP contribution is -2.41. The molecule has 188 valence electrons. The number of non-ortho nitro benzene ring substituents is 1. The van der Waals surface area contributed by atoms with Crippen molar-refractivity contribution in [3.63, 3.8) is 0 Å². The van der Waals surface area contributed by atoms with E-state index < -0.39 is 22.5 Å². The molecular weight excluding hydrogens is 496 g/mol. The monoisotopic (exact) mass is 518 g/mol. The van der Waals surface area contributed by atoms with Crippen LogP contribution >= 0.6 is 11.3 Å². The number of ether oxygens (including phenoxy) is 1. The molecule has 0 unspecified atom stereocenters. The first-order valence-corrected chi connectivity index (χ1v) is 12.5. The Morgan fingerprint density at radius 3 is 2.62 bits per heavy atom. The van der Waals surface area contributed by atoms with E-state index in [0.717, 1.165) is 17.0 Å². The first-order chi connectivity index (χ1) is 17.8. The third-order valence-corrected chi connectivity index (χ3v) is 7.41. The van der Waals surface area contributed by atoms with E-state index in [1.165, 1.54) is 22.8 Å². The maximum atomic E-state index is 14.0. The molecular formula is C26H22N4O6S. The number of carbonyl (C=O) groups excluding carboxylic acids is 2. The second kappa shape index (κ2) is 9.25. The molecule has 5 rings (SSSR count). The number of thiazole rings is 1. The van der Waals surface area contributed by atoms with Crippen LogP contribution in [0.4, 0.5) is 11.4 Å². The van der Waals surface area contributed by atoms with Crippen LogP contribution in [0.2, 0.25) is 0 Å². The van der Waals surface area contributed by atoms with Crippen LogP contribution in [0.15, 0.2) is 69.6 Å². The Morgan fingerprint density at radius 2 is 1.92 bits per heavy atom. The number of hydrogen-bond acceptors (Lipinski definition) is 8. The van der Waals surface area contributed by atoms with E-state index in [1.807, 2.05) is 19.1 Å². The van der Waals surface area contributed by atoms with E-state index in [-0.39, 0.29) is 38.7 Å². The number of likely N-dealkylation sites (N-methyl/N-ethyl adjacent to an activating group) is 1. The van der Waals surface area contributed by atoms with Crippen LogP contribution in [0.25, 0.3) is 5.57 Å². The van der Waals surface area contributed by atoms with E-state index in [4.69, 9.17) is 4.74 Å². The number of nitro groups is 1. The van der Waals surface area contributed by atoms with Gasteiger partial charge in [0.25, 0.3) is 17.2 Å². The van der Waals surface area contributed by atoms with Crippen molar-refractivity contribution in [1.82, 2.24) is 4.57 Å². The molecule has 3 aromatic rings.